The second-order valence-corrected chi connectivity index (χ2v) is 8.00. The third-order valence-electron chi connectivity index (χ3n) is 4.12. The minimum absolute atomic E-state index is 0.0371. The van der Waals surface area contributed by atoms with E-state index in [2.05, 4.69) is 18.5 Å². The number of nitrogens with one attached hydrogen (secondary N) is 1. The van der Waals surface area contributed by atoms with Gasteiger partial charge in [0.05, 0.1) is 18.4 Å². The van der Waals surface area contributed by atoms with E-state index >= 15 is 0 Å². The summed E-state index contributed by atoms with van der Waals surface area (Å²) in [6, 6.07) is 8.79. The zero-order valence-corrected chi connectivity index (χ0v) is 18.2. The average molecular weight is 416 g/mol. The average Bonchev–Trinajstić information content (AvgIpc) is 2.68. The Bertz CT molecular complexity index is 721. The molecule has 0 aliphatic carbocycles. The molecular weight excluding hydrogens is 382 g/mol. The van der Waals surface area contributed by atoms with Crippen LogP contribution < -0.4 is 5.32 Å². The van der Waals surface area contributed by atoms with Crippen LogP contribution in [-0.4, -0.2) is 30.1 Å². The zero-order chi connectivity index (χ0) is 22.6. The maximum atomic E-state index is 12.6. The summed E-state index contributed by atoms with van der Waals surface area (Å²) in [5, 5.41) is 2.89. The lowest BCUT2D eigenvalue weighted by Gasteiger charge is -2.23. The van der Waals surface area contributed by atoms with Crippen molar-refractivity contribution in [1.29, 1.82) is 0 Å². The van der Waals surface area contributed by atoms with Crippen molar-refractivity contribution in [1.82, 2.24) is 5.32 Å². The summed E-state index contributed by atoms with van der Waals surface area (Å²) in [6.07, 6.45) is 4.31. The number of amides is 1. The quantitative estimate of drug-likeness (QED) is 0.407. The van der Waals surface area contributed by atoms with E-state index in [9.17, 15) is 14.4 Å². The number of ether oxygens (including phenoxy) is 2. The molecule has 1 rings (SSSR count). The van der Waals surface area contributed by atoms with Crippen molar-refractivity contribution in [2.45, 2.75) is 58.1 Å². The van der Waals surface area contributed by atoms with E-state index in [0.717, 1.165) is 5.56 Å². The summed E-state index contributed by atoms with van der Waals surface area (Å²) in [6.45, 7) is 12.5. The molecule has 0 aliphatic heterocycles. The van der Waals surface area contributed by atoms with Gasteiger partial charge < -0.3 is 14.8 Å². The highest BCUT2D eigenvalue weighted by atomic mass is 16.6. The summed E-state index contributed by atoms with van der Waals surface area (Å²) < 4.78 is 10.8. The van der Waals surface area contributed by atoms with E-state index in [-0.39, 0.29) is 18.9 Å². The topological polar surface area (TPSA) is 81.7 Å². The molecule has 1 aromatic carbocycles. The van der Waals surface area contributed by atoms with Crippen LogP contribution in [0.25, 0.3) is 0 Å². The standard InChI is InChI=1S/C24H33NO5/c1-6-8-15-21(26)25-20(18-13-10-9-11-14-18)17-29-23(28)19(12-7-2)16-22(27)30-24(3,4)5/h6-7,9-11,13-14,19-20H,1-2,8,12,15-17H2,3-5H3,(H,25,26)/t19-,20?/m0/s1. The van der Waals surface area contributed by atoms with Gasteiger partial charge >= 0.3 is 11.9 Å². The maximum absolute atomic E-state index is 12.6. The van der Waals surface area contributed by atoms with Gasteiger partial charge in [0, 0.05) is 6.42 Å². The first kappa shape index (κ1) is 25.1. The fourth-order valence-corrected chi connectivity index (χ4v) is 2.74. The molecule has 1 N–H and O–H groups in total. The van der Waals surface area contributed by atoms with Gasteiger partial charge in [-0.3, -0.25) is 14.4 Å². The van der Waals surface area contributed by atoms with Crippen molar-refractivity contribution in [3.63, 3.8) is 0 Å². The van der Waals surface area contributed by atoms with Crippen molar-refractivity contribution in [2.24, 2.45) is 5.92 Å². The van der Waals surface area contributed by atoms with E-state index in [0.29, 0.717) is 19.3 Å². The molecule has 2 atom stereocenters. The minimum Gasteiger partial charge on any atom is -0.463 e. The Morgan fingerprint density at radius 2 is 1.77 bits per heavy atom. The summed E-state index contributed by atoms with van der Waals surface area (Å²) in [5.41, 5.74) is 0.193. The molecule has 6 heteroatoms. The van der Waals surface area contributed by atoms with Crippen LogP contribution in [0.5, 0.6) is 0 Å². The lowest BCUT2D eigenvalue weighted by Crippen LogP contribution is -2.33. The molecule has 0 radical (unpaired) electrons. The van der Waals surface area contributed by atoms with Crippen molar-refractivity contribution >= 4 is 17.8 Å². The molecule has 0 aromatic heterocycles. The first-order valence-corrected chi connectivity index (χ1v) is 10.1. The third-order valence-corrected chi connectivity index (χ3v) is 4.12. The summed E-state index contributed by atoms with van der Waals surface area (Å²) in [4.78, 5) is 36.9. The summed E-state index contributed by atoms with van der Waals surface area (Å²) >= 11 is 0. The predicted molar refractivity (Wildman–Crippen MR) is 116 cm³/mol. The number of benzene rings is 1. The number of carbonyl (C=O) groups is 3. The number of rotatable bonds is 12. The number of allylic oxidation sites excluding steroid dienone is 2. The molecule has 0 saturated heterocycles. The molecule has 1 aromatic rings. The van der Waals surface area contributed by atoms with Gasteiger partial charge in [-0.25, -0.2) is 0 Å². The molecular formula is C24H33NO5. The molecule has 0 heterocycles. The lowest BCUT2D eigenvalue weighted by molar-refractivity contribution is -0.161. The van der Waals surface area contributed by atoms with E-state index < -0.39 is 29.5 Å². The molecule has 0 spiro atoms. The van der Waals surface area contributed by atoms with E-state index in [1.165, 1.54) is 0 Å². The highest BCUT2D eigenvalue weighted by molar-refractivity contribution is 5.80. The van der Waals surface area contributed by atoms with Crippen LogP contribution in [0, 0.1) is 5.92 Å². The van der Waals surface area contributed by atoms with Crippen molar-refractivity contribution < 1.29 is 23.9 Å². The van der Waals surface area contributed by atoms with Crippen LogP contribution in [0.1, 0.15) is 58.1 Å². The van der Waals surface area contributed by atoms with E-state index in [1.807, 2.05) is 30.3 Å². The number of carbonyl (C=O) groups excluding carboxylic acids is 3. The molecule has 0 bridgehead atoms. The highest BCUT2D eigenvalue weighted by Crippen LogP contribution is 2.19. The van der Waals surface area contributed by atoms with Crippen LogP contribution in [0.3, 0.4) is 0 Å². The second-order valence-electron chi connectivity index (χ2n) is 8.00. The predicted octanol–water partition coefficient (Wildman–Crippen LogP) is 4.28. The Morgan fingerprint density at radius 1 is 1.10 bits per heavy atom. The summed E-state index contributed by atoms with van der Waals surface area (Å²) in [5.74, 6) is -1.84. The smallest absolute Gasteiger partial charge is 0.309 e. The van der Waals surface area contributed by atoms with Gasteiger partial charge in [0.15, 0.2) is 0 Å². The molecule has 30 heavy (non-hydrogen) atoms. The molecule has 1 amide bonds. The van der Waals surface area contributed by atoms with Crippen LogP contribution in [0.2, 0.25) is 0 Å². The van der Waals surface area contributed by atoms with Gasteiger partial charge in [-0.1, -0.05) is 42.5 Å². The second kappa shape index (κ2) is 12.6. The van der Waals surface area contributed by atoms with Crippen LogP contribution >= 0.6 is 0 Å². The fourth-order valence-electron chi connectivity index (χ4n) is 2.74. The molecule has 1 unspecified atom stereocenters. The van der Waals surface area contributed by atoms with Gasteiger partial charge in [0.25, 0.3) is 0 Å². The Hall–Kier alpha value is -2.89. The fraction of sp³-hybridized carbons (Fsp3) is 0.458. The van der Waals surface area contributed by atoms with Gasteiger partial charge in [-0.2, -0.15) is 0 Å². The largest absolute Gasteiger partial charge is 0.463 e. The number of esters is 2. The monoisotopic (exact) mass is 415 g/mol. The first-order valence-electron chi connectivity index (χ1n) is 10.1. The highest BCUT2D eigenvalue weighted by Gasteiger charge is 2.27. The van der Waals surface area contributed by atoms with Crippen molar-refractivity contribution in [2.75, 3.05) is 6.61 Å². The minimum atomic E-state index is -0.690. The zero-order valence-electron chi connectivity index (χ0n) is 18.2. The van der Waals surface area contributed by atoms with Gasteiger partial charge in [-0.05, 0) is 39.2 Å². The van der Waals surface area contributed by atoms with E-state index in [4.69, 9.17) is 9.47 Å². The normalized spacial score (nSPS) is 12.9. The van der Waals surface area contributed by atoms with Gasteiger partial charge in [0.2, 0.25) is 5.91 Å². The number of hydrogen-bond donors (Lipinski definition) is 1. The lowest BCUT2D eigenvalue weighted by atomic mass is 10.0. The van der Waals surface area contributed by atoms with Crippen molar-refractivity contribution in [3.05, 3.63) is 61.2 Å². The molecule has 0 fully saturated rings. The molecule has 0 aliphatic rings. The Labute approximate surface area is 179 Å². The molecule has 6 nitrogen and oxygen atoms in total. The Kier molecular flexibility index (Phi) is 10.6. The first-order chi connectivity index (χ1) is 14.2. The van der Waals surface area contributed by atoms with Crippen LogP contribution in [0.4, 0.5) is 0 Å². The Balaban J connectivity index is 2.79. The number of hydrogen-bond acceptors (Lipinski definition) is 5. The molecule has 164 valence electrons. The van der Waals surface area contributed by atoms with Gasteiger partial charge in [0.1, 0.15) is 12.2 Å². The van der Waals surface area contributed by atoms with Crippen molar-refractivity contribution in [3.8, 4) is 0 Å². The SMILES string of the molecule is C=CCCC(=O)NC(COC(=O)[C@@H](CC=C)CC(=O)OC(C)(C)C)c1ccccc1. The maximum Gasteiger partial charge on any atom is 0.309 e. The van der Waals surface area contributed by atoms with Gasteiger partial charge in [-0.15, -0.1) is 13.2 Å². The van der Waals surface area contributed by atoms with Crippen LogP contribution in [-0.2, 0) is 23.9 Å². The van der Waals surface area contributed by atoms with Crippen LogP contribution in [0.15, 0.2) is 55.6 Å². The Morgan fingerprint density at radius 3 is 2.33 bits per heavy atom. The molecule has 0 saturated carbocycles. The third kappa shape index (κ3) is 10.0. The summed E-state index contributed by atoms with van der Waals surface area (Å²) in [7, 11) is 0. The van der Waals surface area contributed by atoms with E-state index in [1.54, 1.807) is 32.9 Å².